The molecule has 0 N–H and O–H groups in total. The average molecular weight is 215 g/mol. The number of hydrogen-bond acceptors (Lipinski definition) is 1. The maximum absolute atomic E-state index is 6.07. The molecule has 1 heterocycles. The third-order valence-electron chi connectivity index (χ3n) is 2.30. The van der Waals surface area contributed by atoms with Crippen LogP contribution in [0.25, 0.3) is 0 Å². The summed E-state index contributed by atoms with van der Waals surface area (Å²) in [5, 5.41) is 5.09. The number of aryl methyl sites for hydroxylation is 1. The highest BCUT2D eigenvalue weighted by Crippen LogP contribution is 2.24. The molecule has 0 aliphatic rings. The highest BCUT2D eigenvalue weighted by Gasteiger charge is 2.12. The summed E-state index contributed by atoms with van der Waals surface area (Å²) < 4.78 is 2.03. The van der Waals surface area contributed by atoms with Gasteiger partial charge in [-0.05, 0) is 18.3 Å². The predicted molar refractivity (Wildman–Crippen MR) is 60.8 cm³/mol. The first kappa shape index (κ1) is 11.6. The van der Waals surface area contributed by atoms with Crippen LogP contribution in [0, 0.1) is 5.92 Å². The quantitative estimate of drug-likeness (QED) is 0.747. The van der Waals surface area contributed by atoms with Crippen molar-refractivity contribution in [3.05, 3.63) is 16.9 Å². The van der Waals surface area contributed by atoms with E-state index in [1.54, 1.807) is 6.20 Å². The van der Waals surface area contributed by atoms with Gasteiger partial charge in [0.25, 0.3) is 0 Å². The molecule has 0 spiro atoms. The Labute approximate surface area is 91.3 Å². The van der Waals surface area contributed by atoms with Gasteiger partial charge in [-0.25, -0.2) is 0 Å². The third-order valence-corrected chi connectivity index (χ3v) is 2.59. The van der Waals surface area contributed by atoms with Gasteiger partial charge in [-0.1, -0.05) is 39.3 Å². The molecular formula is C11H19ClN2. The highest BCUT2D eigenvalue weighted by atomic mass is 35.5. The zero-order chi connectivity index (χ0) is 10.7. The van der Waals surface area contributed by atoms with E-state index in [-0.39, 0.29) is 0 Å². The molecule has 0 bridgehead atoms. The van der Waals surface area contributed by atoms with Crippen LogP contribution in [0.5, 0.6) is 0 Å². The highest BCUT2D eigenvalue weighted by molar-refractivity contribution is 6.31. The van der Waals surface area contributed by atoms with Crippen molar-refractivity contribution in [2.24, 2.45) is 5.92 Å². The molecule has 3 heteroatoms. The molecule has 0 radical (unpaired) electrons. The molecule has 1 aromatic rings. The summed E-state index contributed by atoms with van der Waals surface area (Å²) in [6.45, 7) is 9.71. The van der Waals surface area contributed by atoms with Crippen molar-refractivity contribution in [3.8, 4) is 0 Å². The van der Waals surface area contributed by atoms with E-state index in [4.69, 9.17) is 11.6 Å². The Morgan fingerprint density at radius 3 is 2.50 bits per heavy atom. The smallest absolute Gasteiger partial charge is 0.0820 e. The van der Waals surface area contributed by atoms with Crippen LogP contribution in [-0.2, 0) is 6.54 Å². The number of nitrogens with zero attached hydrogens (tertiary/aromatic N) is 2. The minimum atomic E-state index is 0.442. The normalized spacial score (nSPS) is 11.6. The van der Waals surface area contributed by atoms with Gasteiger partial charge >= 0.3 is 0 Å². The van der Waals surface area contributed by atoms with E-state index in [0.717, 1.165) is 23.7 Å². The molecule has 0 aliphatic carbocycles. The lowest BCUT2D eigenvalue weighted by atomic mass is 10.1. The lowest BCUT2D eigenvalue weighted by molar-refractivity contribution is 0.470. The van der Waals surface area contributed by atoms with Crippen LogP contribution < -0.4 is 0 Å². The Hall–Kier alpha value is -0.500. The van der Waals surface area contributed by atoms with E-state index in [1.807, 2.05) is 4.68 Å². The van der Waals surface area contributed by atoms with Gasteiger partial charge in [0.05, 0.1) is 16.9 Å². The van der Waals surface area contributed by atoms with Gasteiger partial charge in [0.2, 0.25) is 0 Å². The number of halogens is 1. The van der Waals surface area contributed by atoms with Crippen molar-refractivity contribution in [1.29, 1.82) is 0 Å². The lowest BCUT2D eigenvalue weighted by Gasteiger charge is -2.11. The van der Waals surface area contributed by atoms with Crippen LogP contribution in [0.15, 0.2) is 6.20 Å². The number of rotatable bonds is 4. The van der Waals surface area contributed by atoms with E-state index in [1.165, 1.54) is 0 Å². The van der Waals surface area contributed by atoms with Crippen molar-refractivity contribution in [1.82, 2.24) is 9.78 Å². The van der Waals surface area contributed by atoms with E-state index < -0.39 is 0 Å². The van der Waals surface area contributed by atoms with Gasteiger partial charge < -0.3 is 0 Å². The predicted octanol–water partition coefficient (Wildman–Crippen LogP) is 3.71. The summed E-state index contributed by atoms with van der Waals surface area (Å²) in [5.74, 6) is 1.15. The number of hydrogen-bond donors (Lipinski definition) is 0. The maximum Gasteiger partial charge on any atom is 0.0820 e. The first-order chi connectivity index (χ1) is 6.52. The van der Waals surface area contributed by atoms with E-state index >= 15 is 0 Å². The van der Waals surface area contributed by atoms with Crippen molar-refractivity contribution < 1.29 is 0 Å². The lowest BCUT2D eigenvalue weighted by Crippen LogP contribution is -2.08. The zero-order valence-electron chi connectivity index (χ0n) is 9.42. The fraction of sp³-hybridized carbons (Fsp3) is 0.727. The summed E-state index contributed by atoms with van der Waals surface area (Å²) in [6, 6.07) is 0. The van der Waals surface area contributed by atoms with Crippen LogP contribution >= 0.6 is 11.6 Å². The van der Waals surface area contributed by atoms with E-state index in [2.05, 4.69) is 32.8 Å². The molecule has 0 aliphatic heterocycles. The topological polar surface area (TPSA) is 17.8 Å². The van der Waals surface area contributed by atoms with Crippen LogP contribution in [0.2, 0.25) is 5.02 Å². The summed E-state index contributed by atoms with van der Waals surface area (Å²) in [7, 11) is 0. The Morgan fingerprint density at radius 2 is 2.00 bits per heavy atom. The average Bonchev–Trinajstić information content (AvgIpc) is 2.43. The second-order valence-electron chi connectivity index (χ2n) is 4.44. The standard InChI is InChI=1S/C11H19ClN2/c1-8(2)5-6-14-11(9(3)4)10(12)7-13-14/h7-9H,5-6H2,1-4H3. The summed E-state index contributed by atoms with van der Waals surface area (Å²) in [5.41, 5.74) is 1.16. The Balaban J connectivity index is 2.76. The second-order valence-corrected chi connectivity index (χ2v) is 4.85. The van der Waals surface area contributed by atoms with Gasteiger partial charge in [-0.15, -0.1) is 0 Å². The summed E-state index contributed by atoms with van der Waals surface area (Å²) >= 11 is 6.07. The first-order valence-electron chi connectivity index (χ1n) is 5.23. The molecule has 2 nitrogen and oxygen atoms in total. The minimum Gasteiger partial charge on any atom is -0.268 e. The molecule has 0 amide bonds. The minimum absolute atomic E-state index is 0.442. The largest absolute Gasteiger partial charge is 0.268 e. The Bertz CT molecular complexity index is 289. The molecule has 1 aromatic heterocycles. The molecular weight excluding hydrogens is 196 g/mol. The molecule has 0 saturated carbocycles. The van der Waals surface area contributed by atoms with E-state index in [9.17, 15) is 0 Å². The fourth-order valence-corrected chi connectivity index (χ4v) is 1.86. The van der Waals surface area contributed by atoms with Gasteiger partial charge in [0.15, 0.2) is 0 Å². The molecule has 1 rings (SSSR count). The van der Waals surface area contributed by atoms with Gasteiger partial charge in [-0.2, -0.15) is 5.10 Å². The Morgan fingerprint density at radius 1 is 1.36 bits per heavy atom. The maximum atomic E-state index is 6.07. The monoisotopic (exact) mass is 214 g/mol. The van der Waals surface area contributed by atoms with Crippen molar-refractivity contribution >= 4 is 11.6 Å². The SMILES string of the molecule is CC(C)CCn1ncc(Cl)c1C(C)C. The molecule has 0 atom stereocenters. The Kier molecular flexibility index (Phi) is 3.99. The molecule has 0 unspecified atom stereocenters. The van der Waals surface area contributed by atoms with Gasteiger partial charge in [0, 0.05) is 6.54 Å². The van der Waals surface area contributed by atoms with Crippen LogP contribution in [0.1, 0.15) is 45.7 Å². The second kappa shape index (κ2) is 4.83. The molecule has 14 heavy (non-hydrogen) atoms. The van der Waals surface area contributed by atoms with E-state index in [0.29, 0.717) is 11.8 Å². The number of aromatic nitrogens is 2. The fourth-order valence-electron chi connectivity index (χ4n) is 1.50. The zero-order valence-corrected chi connectivity index (χ0v) is 10.2. The first-order valence-corrected chi connectivity index (χ1v) is 5.61. The van der Waals surface area contributed by atoms with Crippen LogP contribution in [-0.4, -0.2) is 9.78 Å². The van der Waals surface area contributed by atoms with Crippen molar-refractivity contribution in [3.63, 3.8) is 0 Å². The van der Waals surface area contributed by atoms with Crippen molar-refractivity contribution in [2.75, 3.05) is 0 Å². The van der Waals surface area contributed by atoms with Gasteiger partial charge in [0.1, 0.15) is 0 Å². The van der Waals surface area contributed by atoms with Gasteiger partial charge in [-0.3, -0.25) is 4.68 Å². The molecule has 0 saturated heterocycles. The molecule has 0 aromatic carbocycles. The summed E-state index contributed by atoms with van der Waals surface area (Å²) in [4.78, 5) is 0. The third kappa shape index (κ3) is 2.74. The molecule has 80 valence electrons. The van der Waals surface area contributed by atoms with Crippen LogP contribution in [0.4, 0.5) is 0 Å². The summed E-state index contributed by atoms with van der Waals surface area (Å²) in [6.07, 6.45) is 2.90. The molecule has 0 fully saturated rings. The van der Waals surface area contributed by atoms with Crippen LogP contribution in [0.3, 0.4) is 0 Å². The van der Waals surface area contributed by atoms with Crippen molar-refractivity contribution in [2.45, 2.75) is 46.6 Å².